The summed E-state index contributed by atoms with van der Waals surface area (Å²) in [5.41, 5.74) is 1.26. The molecule has 0 aliphatic heterocycles. The van der Waals surface area contributed by atoms with Crippen molar-refractivity contribution < 1.29 is 17.9 Å². The fourth-order valence-electron chi connectivity index (χ4n) is 3.01. The molecular weight excluding hydrogens is 388 g/mol. The molecule has 0 saturated heterocycles. The SMILES string of the molecule is CCN(CC)S(=O)(=O)c1ccc(C(=O)O[C@H](CCN(C)C)c2ccccc2)cc1. The van der Waals surface area contributed by atoms with Gasteiger partial charge in [-0.1, -0.05) is 44.2 Å². The molecule has 7 heteroatoms. The zero-order valence-electron chi connectivity index (χ0n) is 17.5. The van der Waals surface area contributed by atoms with Gasteiger partial charge in [0, 0.05) is 26.1 Å². The van der Waals surface area contributed by atoms with E-state index < -0.39 is 16.0 Å². The fourth-order valence-corrected chi connectivity index (χ4v) is 4.47. The highest BCUT2D eigenvalue weighted by Gasteiger charge is 2.23. The van der Waals surface area contributed by atoms with Crippen LogP contribution in [0.1, 0.15) is 42.3 Å². The summed E-state index contributed by atoms with van der Waals surface area (Å²) in [6.07, 6.45) is 0.294. The van der Waals surface area contributed by atoms with E-state index in [1.165, 1.54) is 28.6 Å². The lowest BCUT2D eigenvalue weighted by molar-refractivity contribution is 0.0261. The van der Waals surface area contributed by atoms with E-state index in [2.05, 4.69) is 0 Å². The van der Waals surface area contributed by atoms with Crippen molar-refractivity contribution >= 4 is 16.0 Å². The Bertz CT molecular complexity index is 877. The summed E-state index contributed by atoms with van der Waals surface area (Å²) in [7, 11) is 0.390. The van der Waals surface area contributed by atoms with Crippen LogP contribution in [-0.2, 0) is 14.8 Å². The predicted molar refractivity (Wildman–Crippen MR) is 114 cm³/mol. The van der Waals surface area contributed by atoms with Crippen LogP contribution in [0.15, 0.2) is 59.5 Å². The van der Waals surface area contributed by atoms with Gasteiger partial charge in [-0.05, 0) is 43.9 Å². The third-order valence-electron chi connectivity index (χ3n) is 4.69. The molecule has 0 amide bonds. The third-order valence-corrected chi connectivity index (χ3v) is 6.76. The lowest BCUT2D eigenvalue weighted by Crippen LogP contribution is -2.30. The summed E-state index contributed by atoms with van der Waals surface area (Å²) in [4.78, 5) is 14.9. The van der Waals surface area contributed by atoms with Crippen LogP contribution in [0.25, 0.3) is 0 Å². The topological polar surface area (TPSA) is 66.9 Å². The summed E-state index contributed by atoms with van der Waals surface area (Å²) >= 11 is 0. The van der Waals surface area contributed by atoms with E-state index in [-0.39, 0.29) is 11.0 Å². The van der Waals surface area contributed by atoms with Crippen molar-refractivity contribution in [3.8, 4) is 0 Å². The number of nitrogens with zero attached hydrogens (tertiary/aromatic N) is 2. The highest BCUT2D eigenvalue weighted by atomic mass is 32.2. The van der Waals surface area contributed by atoms with Gasteiger partial charge in [0.15, 0.2) is 0 Å². The van der Waals surface area contributed by atoms with Crippen LogP contribution in [0.4, 0.5) is 0 Å². The molecule has 6 nitrogen and oxygen atoms in total. The number of carbonyl (C=O) groups excluding carboxylic acids is 1. The third kappa shape index (κ3) is 6.13. The van der Waals surface area contributed by atoms with E-state index in [9.17, 15) is 13.2 Å². The Labute approximate surface area is 174 Å². The average molecular weight is 419 g/mol. The second-order valence-corrected chi connectivity index (χ2v) is 8.95. The first kappa shape index (κ1) is 23.1. The molecule has 2 aromatic rings. The minimum atomic E-state index is -3.55. The second-order valence-electron chi connectivity index (χ2n) is 7.01. The van der Waals surface area contributed by atoms with Gasteiger partial charge in [-0.25, -0.2) is 13.2 Å². The number of ether oxygens (including phenoxy) is 1. The number of rotatable bonds is 10. The summed E-state index contributed by atoms with van der Waals surface area (Å²) < 4.78 is 32.3. The average Bonchev–Trinajstić information content (AvgIpc) is 2.72. The molecular formula is C22H30N2O4S. The largest absolute Gasteiger partial charge is 0.454 e. The second kappa shape index (κ2) is 10.5. The van der Waals surface area contributed by atoms with Gasteiger partial charge in [-0.3, -0.25) is 0 Å². The highest BCUT2D eigenvalue weighted by Crippen LogP contribution is 2.24. The predicted octanol–water partition coefficient (Wildman–Crippen LogP) is 3.57. The molecule has 0 aromatic heterocycles. The van der Waals surface area contributed by atoms with E-state index in [0.717, 1.165) is 12.1 Å². The first-order chi connectivity index (χ1) is 13.8. The molecule has 0 spiro atoms. The maximum atomic E-state index is 12.7. The van der Waals surface area contributed by atoms with Crippen molar-refractivity contribution in [2.24, 2.45) is 0 Å². The lowest BCUT2D eigenvalue weighted by Gasteiger charge is -2.21. The minimum Gasteiger partial charge on any atom is -0.454 e. The molecule has 2 aromatic carbocycles. The Kier molecular flexibility index (Phi) is 8.37. The molecule has 0 N–H and O–H groups in total. The number of sulfonamides is 1. The Morgan fingerprint density at radius 1 is 0.966 bits per heavy atom. The molecule has 0 fully saturated rings. The zero-order chi connectivity index (χ0) is 21.4. The Morgan fingerprint density at radius 2 is 1.55 bits per heavy atom. The Balaban J connectivity index is 2.18. The molecule has 158 valence electrons. The van der Waals surface area contributed by atoms with E-state index in [1.54, 1.807) is 13.8 Å². The van der Waals surface area contributed by atoms with Gasteiger partial charge >= 0.3 is 5.97 Å². The monoisotopic (exact) mass is 418 g/mol. The standard InChI is InChI=1S/C22H30N2O4S/c1-5-24(6-2)29(26,27)20-14-12-19(13-15-20)22(25)28-21(16-17-23(3)4)18-10-8-7-9-11-18/h7-15,21H,5-6,16-17H2,1-4H3/t21-/m1/s1. The summed E-state index contributed by atoms with van der Waals surface area (Å²) in [5.74, 6) is -0.468. The number of hydrogen-bond donors (Lipinski definition) is 0. The normalized spacial score (nSPS) is 12.9. The smallest absolute Gasteiger partial charge is 0.338 e. The lowest BCUT2D eigenvalue weighted by atomic mass is 10.1. The van der Waals surface area contributed by atoms with Crippen LogP contribution < -0.4 is 0 Å². The number of esters is 1. The maximum absolute atomic E-state index is 12.7. The van der Waals surface area contributed by atoms with Crippen molar-refractivity contribution in [3.05, 3.63) is 65.7 Å². The minimum absolute atomic E-state index is 0.171. The first-order valence-electron chi connectivity index (χ1n) is 9.80. The molecule has 2 rings (SSSR count). The van der Waals surface area contributed by atoms with E-state index in [1.807, 2.05) is 49.3 Å². The maximum Gasteiger partial charge on any atom is 0.338 e. The highest BCUT2D eigenvalue weighted by molar-refractivity contribution is 7.89. The van der Waals surface area contributed by atoms with Crippen LogP contribution in [0, 0.1) is 0 Å². The van der Waals surface area contributed by atoms with Crippen molar-refractivity contribution in [3.63, 3.8) is 0 Å². The van der Waals surface area contributed by atoms with Gasteiger partial charge in [0.1, 0.15) is 6.10 Å². The Hall–Kier alpha value is -2.22. The summed E-state index contributed by atoms with van der Waals surface area (Å²) in [6.45, 7) is 5.16. The fraction of sp³-hybridized carbons (Fsp3) is 0.409. The van der Waals surface area contributed by atoms with Crippen LogP contribution in [0.2, 0.25) is 0 Å². The van der Waals surface area contributed by atoms with Gasteiger partial charge in [-0.15, -0.1) is 0 Å². The van der Waals surface area contributed by atoms with E-state index >= 15 is 0 Å². The zero-order valence-corrected chi connectivity index (χ0v) is 18.4. The van der Waals surface area contributed by atoms with Gasteiger partial charge in [0.25, 0.3) is 0 Å². The summed E-state index contributed by atoms with van der Waals surface area (Å²) in [5, 5.41) is 0. The molecule has 0 bridgehead atoms. The quantitative estimate of drug-likeness (QED) is 0.552. The van der Waals surface area contributed by atoms with Crippen molar-refractivity contribution in [2.75, 3.05) is 33.7 Å². The van der Waals surface area contributed by atoms with E-state index in [0.29, 0.717) is 25.1 Å². The van der Waals surface area contributed by atoms with Crippen LogP contribution in [-0.4, -0.2) is 57.3 Å². The number of carbonyl (C=O) groups is 1. The molecule has 29 heavy (non-hydrogen) atoms. The number of hydrogen-bond acceptors (Lipinski definition) is 5. The molecule has 0 saturated carbocycles. The van der Waals surface area contributed by atoms with Gasteiger partial charge < -0.3 is 9.64 Å². The molecule has 0 heterocycles. The van der Waals surface area contributed by atoms with Crippen LogP contribution in [0.3, 0.4) is 0 Å². The van der Waals surface area contributed by atoms with Gasteiger partial charge in [-0.2, -0.15) is 4.31 Å². The molecule has 0 radical (unpaired) electrons. The van der Waals surface area contributed by atoms with E-state index in [4.69, 9.17) is 4.74 Å². The molecule has 0 unspecified atom stereocenters. The van der Waals surface area contributed by atoms with Crippen molar-refractivity contribution in [1.29, 1.82) is 0 Å². The van der Waals surface area contributed by atoms with Crippen molar-refractivity contribution in [2.45, 2.75) is 31.3 Å². The van der Waals surface area contributed by atoms with Crippen LogP contribution >= 0.6 is 0 Å². The van der Waals surface area contributed by atoms with Crippen molar-refractivity contribution in [1.82, 2.24) is 9.21 Å². The molecule has 0 aliphatic rings. The molecule has 1 atom stereocenters. The van der Waals surface area contributed by atoms with Crippen LogP contribution in [0.5, 0.6) is 0 Å². The molecule has 0 aliphatic carbocycles. The Morgan fingerprint density at radius 3 is 2.07 bits per heavy atom. The van der Waals surface area contributed by atoms with Gasteiger partial charge in [0.2, 0.25) is 10.0 Å². The first-order valence-corrected chi connectivity index (χ1v) is 11.2. The van der Waals surface area contributed by atoms with Gasteiger partial charge in [0.05, 0.1) is 10.5 Å². The summed E-state index contributed by atoms with van der Waals surface area (Å²) in [6, 6.07) is 15.6. The number of benzene rings is 2.